The van der Waals surface area contributed by atoms with Gasteiger partial charge in [-0.3, -0.25) is 5.41 Å². The Morgan fingerprint density at radius 3 is 2.38 bits per heavy atom. The van der Waals surface area contributed by atoms with Crippen LogP contribution in [0.2, 0.25) is 0 Å². The van der Waals surface area contributed by atoms with Gasteiger partial charge in [0.2, 0.25) is 0 Å². The lowest BCUT2D eigenvalue weighted by atomic mass is 9.93. The average molecular weight is 281 g/mol. The maximum Gasteiger partial charge on any atom is 0.123 e. The van der Waals surface area contributed by atoms with Gasteiger partial charge in [0.25, 0.3) is 0 Å². The lowest BCUT2D eigenvalue weighted by Gasteiger charge is -2.34. The van der Waals surface area contributed by atoms with Crippen LogP contribution in [0.4, 0.5) is 5.69 Å². The first-order valence-corrected chi connectivity index (χ1v) is 7.77. The molecule has 1 saturated carbocycles. The third-order valence-electron chi connectivity index (χ3n) is 4.69. The molecule has 0 saturated heterocycles. The number of nitrogens with two attached hydrogens (primary N) is 1. The number of nitrogens with one attached hydrogen (secondary N) is 1. The number of hydrogen-bond donors (Lipinski definition) is 2. The van der Waals surface area contributed by atoms with E-state index in [1.54, 1.807) is 0 Å². The molecule has 0 unspecified atom stereocenters. The Bertz CT molecular complexity index is 657. The van der Waals surface area contributed by atoms with E-state index in [0.717, 1.165) is 10.9 Å². The number of nitrogen functional groups attached to an aromatic ring is 1. The fourth-order valence-corrected chi connectivity index (χ4v) is 3.49. The Morgan fingerprint density at radius 2 is 1.71 bits per heavy atom. The Labute approximate surface area is 126 Å². The number of benzene rings is 2. The van der Waals surface area contributed by atoms with Crippen LogP contribution in [0.5, 0.6) is 0 Å². The van der Waals surface area contributed by atoms with E-state index in [0.29, 0.717) is 6.04 Å². The van der Waals surface area contributed by atoms with Crippen LogP contribution in [0, 0.1) is 5.41 Å². The van der Waals surface area contributed by atoms with Crippen LogP contribution in [0.3, 0.4) is 0 Å². The molecular formula is C18H23N3. The molecule has 1 aliphatic rings. The lowest BCUT2D eigenvalue weighted by molar-refractivity contribution is 0.428. The SMILES string of the molecule is CN(c1ccc(C(=N)N)c2ccccc12)C1CCCCC1. The Hall–Kier alpha value is -2.03. The van der Waals surface area contributed by atoms with Crippen molar-refractivity contribution in [3.63, 3.8) is 0 Å². The van der Waals surface area contributed by atoms with Gasteiger partial charge in [-0.15, -0.1) is 0 Å². The minimum atomic E-state index is 0.137. The lowest BCUT2D eigenvalue weighted by Crippen LogP contribution is -2.33. The average Bonchev–Trinajstić information content (AvgIpc) is 2.54. The Kier molecular flexibility index (Phi) is 3.82. The molecule has 0 heterocycles. The molecule has 0 spiro atoms. The van der Waals surface area contributed by atoms with Crippen molar-refractivity contribution in [3.05, 3.63) is 42.0 Å². The van der Waals surface area contributed by atoms with Crippen molar-refractivity contribution >= 4 is 22.3 Å². The molecule has 2 aromatic carbocycles. The molecule has 0 radical (unpaired) electrons. The highest BCUT2D eigenvalue weighted by Crippen LogP contribution is 2.33. The summed E-state index contributed by atoms with van der Waals surface area (Å²) in [4.78, 5) is 2.42. The third-order valence-corrected chi connectivity index (χ3v) is 4.69. The second kappa shape index (κ2) is 5.76. The summed E-state index contributed by atoms with van der Waals surface area (Å²) in [7, 11) is 2.20. The zero-order valence-corrected chi connectivity index (χ0v) is 12.6. The van der Waals surface area contributed by atoms with Gasteiger partial charge in [0.05, 0.1) is 0 Å². The van der Waals surface area contributed by atoms with Crippen LogP contribution >= 0.6 is 0 Å². The number of hydrogen-bond acceptors (Lipinski definition) is 2. The molecule has 3 heteroatoms. The van der Waals surface area contributed by atoms with Gasteiger partial charge in [-0.25, -0.2) is 0 Å². The van der Waals surface area contributed by atoms with Gasteiger partial charge < -0.3 is 10.6 Å². The van der Waals surface area contributed by atoms with Crippen LogP contribution < -0.4 is 10.6 Å². The normalized spacial score (nSPS) is 16.0. The predicted octanol–water partition coefficient (Wildman–Crippen LogP) is 3.89. The summed E-state index contributed by atoms with van der Waals surface area (Å²) in [6.45, 7) is 0. The molecular weight excluding hydrogens is 258 g/mol. The molecule has 0 bridgehead atoms. The van der Waals surface area contributed by atoms with Crippen LogP contribution in [-0.4, -0.2) is 18.9 Å². The molecule has 110 valence electrons. The van der Waals surface area contributed by atoms with Crippen molar-refractivity contribution < 1.29 is 0 Å². The van der Waals surface area contributed by atoms with Crippen LogP contribution in [0.15, 0.2) is 36.4 Å². The van der Waals surface area contributed by atoms with E-state index in [2.05, 4.69) is 36.2 Å². The highest BCUT2D eigenvalue weighted by atomic mass is 15.1. The van der Waals surface area contributed by atoms with E-state index in [1.165, 1.54) is 43.2 Å². The molecule has 1 fully saturated rings. The molecule has 0 aromatic heterocycles. The summed E-state index contributed by atoms with van der Waals surface area (Å²) in [6.07, 6.45) is 6.59. The topological polar surface area (TPSA) is 53.1 Å². The van der Waals surface area contributed by atoms with E-state index in [9.17, 15) is 0 Å². The van der Waals surface area contributed by atoms with E-state index in [-0.39, 0.29) is 5.84 Å². The van der Waals surface area contributed by atoms with Gasteiger partial charge in [0, 0.05) is 29.7 Å². The smallest absolute Gasteiger partial charge is 0.123 e. The number of rotatable bonds is 3. The number of nitrogens with zero attached hydrogens (tertiary/aromatic N) is 1. The zero-order chi connectivity index (χ0) is 14.8. The predicted molar refractivity (Wildman–Crippen MR) is 90.2 cm³/mol. The summed E-state index contributed by atoms with van der Waals surface area (Å²) in [6, 6.07) is 13.0. The number of amidine groups is 1. The van der Waals surface area contributed by atoms with Gasteiger partial charge in [0.1, 0.15) is 5.84 Å². The van der Waals surface area contributed by atoms with Crippen molar-refractivity contribution in [2.75, 3.05) is 11.9 Å². The second-order valence-electron chi connectivity index (χ2n) is 5.99. The van der Waals surface area contributed by atoms with Crippen molar-refractivity contribution in [1.82, 2.24) is 0 Å². The minimum Gasteiger partial charge on any atom is -0.384 e. The Morgan fingerprint density at radius 1 is 1.05 bits per heavy atom. The number of fused-ring (bicyclic) bond motifs is 1. The molecule has 3 nitrogen and oxygen atoms in total. The third kappa shape index (κ3) is 2.60. The van der Waals surface area contributed by atoms with Crippen molar-refractivity contribution in [2.45, 2.75) is 38.1 Å². The van der Waals surface area contributed by atoms with Crippen LogP contribution in [0.1, 0.15) is 37.7 Å². The largest absolute Gasteiger partial charge is 0.384 e. The van der Waals surface area contributed by atoms with Crippen LogP contribution in [0.25, 0.3) is 10.8 Å². The molecule has 21 heavy (non-hydrogen) atoms. The Balaban J connectivity index is 2.06. The summed E-state index contributed by atoms with van der Waals surface area (Å²) in [5, 5.41) is 10.0. The minimum absolute atomic E-state index is 0.137. The second-order valence-corrected chi connectivity index (χ2v) is 5.99. The maximum absolute atomic E-state index is 7.76. The van der Waals surface area contributed by atoms with Gasteiger partial charge >= 0.3 is 0 Å². The van der Waals surface area contributed by atoms with Crippen molar-refractivity contribution in [1.29, 1.82) is 5.41 Å². The molecule has 3 rings (SSSR count). The monoisotopic (exact) mass is 281 g/mol. The molecule has 0 amide bonds. The summed E-state index contributed by atoms with van der Waals surface area (Å²) in [5.41, 5.74) is 7.80. The fraction of sp³-hybridized carbons (Fsp3) is 0.389. The van der Waals surface area contributed by atoms with E-state index < -0.39 is 0 Å². The van der Waals surface area contributed by atoms with Gasteiger partial charge in [-0.05, 0) is 30.4 Å². The van der Waals surface area contributed by atoms with Gasteiger partial charge in [0.15, 0.2) is 0 Å². The highest BCUT2D eigenvalue weighted by molar-refractivity contribution is 6.10. The highest BCUT2D eigenvalue weighted by Gasteiger charge is 2.20. The van der Waals surface area contributed by atoms with Gasteiger partial charge in [-0.2, -0.15) is 0 Å². The standard InChI is InChI=1S/C18H23N3/c1-21(13-7-3-2-4-8-13)17-12-11-16(18(19)20)14-9-5-6-10-15(14)17/h5-6,9-13H,2-4,7-8H2,1H3,(H3,19,20). The molecule has 3 N–H and O–H groups in total. The molecule has 0 aliphatic heterocycles. The first kappa shape index (κ1) is 13.9. The first-order chi connectivity index (χ1) is 10.2. The van der Waals surface area contributed by atoms with E-state index in [1.807, 2.05) is 12.1 Å². The molecule has 0 atom stereocenters. The molecule has 1 aliphatic carbocycles. The number of anilines is 1. The summed E-state index contributed by atoms with van der Waals surface area (Å²) < 4.78 is 0. The van der Waals surface area contributed by atoms with E-state index >= 15 is 0 Å². The van der Waals surface area contributed by atoms with Crippen LogP contribution in [-0.2, 0) is 0 Å². The van der Waals surface area contributed by atoms with Crippen molar-refractivity contribution in [3.8, 4) is 0 Å². The summed E-state index contributed by atoms with van der Waals surface area (Å²) >= 11 is 0. The van der Waals surface area contributed by atoms with Crippen molar-refractivity contribution in [2.24, 2.45) is 5.73 Å². The molecule has 2 aromatic rings. The van der Waals surface area contributed by atoms with Gasteiger partial charge in [-0.1, -0.05) is 43.5 Å². The van der Waals surface area contributed by atoms with E-state index in [4.69, 9.17) is 11.1 Å². The zero-order valence-electron chi connectivity index (χ0n) is 12.6. The maximum atomic E-state index is 7.76. The fourth-order valence-electron chi connectivity index (χ4n) is 3.49. The quantitative estimate of drug-likeness (QED) is 0.662. The first-order valence-electron chi connectivity index (χ1n) is 7.77. The summed E-state index contributed by atoms with van der Waals surface area (Å²) in [5.74, 6) is 0.137.